The second kappa shape index (κ2) is 15.8. The van der Waals surface area contributed by atoms with Crippen molar-refractivity contribution in [3.05, 3.63) is 145 Å². The monoisotopic (exact) mass is 513 g/mol. The van der Waals surface area contributed by atoms with E-state index in [9.17, 15) is 0 Å². The van der Waals surface area contributed by atoms with Gasteiger partial charge in [0.1, 0.15) is 7.05 Å². The number of aryl methyl sites for hydroxylation is 3. The Labute approximate surface area is 235 Å². The van der Waals surface area contributed by atoms with E-state index in [4.69, 9.17) is 0 Å². The molecule has 0 unspecified atom stereocenters. The third-order valence-electron chi connectivity index (χ3n) is 6.36. The van der Waals surface area contributed by atoms with Crippen molar-refractivity contribution in [2.45, 2.75) is 40.5 Å². The summed E-state index contributed by atoms with van der Waals surface area (Å²) in [7, 11) is 2.12. The van der Waals surface area contributed by atoms with Crippen LogP contribution in [0.5, 0.6) is 0 Å². The molecule has 0 aliphatic carbocycles. The normalized spacial score (nSPS) is 10.3. The van der Waals surface area contributed by atoms with Crippen LogP contribution in [0.3, 0.4) is 0 Å². The van der Waals surface area contributed by atoms with E-state index in [1.165, 1.54) is 46.4 Å². The van der Waals surface area contributed by atoms with Crippen LogP contribution in [0.2, 0.25) is 0 Å². The van der Waals surface area contributed by atoms with Crippen LogP contribution >= 0.6 is 0 Å². The molecule has 0 atom stereocenters. The third kappa shape index (κ3) is 8.90. The second-order valence-electron chi connectivity index (χ2n) is 9.42. The first-order valence-electron chi connectivity index (χ1n) is 13.8. The molecule has 2 aromatic heterocycles. The van der Waals surface area contributed by atoms with Gasteiger partial charge in [0, 0.05) is 29.0 Å². The molecular weight excluding hydrogens is 472 g/mol. The predicted molar refractivity (Wildman–Crippen MR) is 167 cm³/mol. The average molecular weight is 514 g/mol. The number of nitrogens with zero attached hydrogens (tertiary/aromatic N) is 2. The van der Waals surface area contributed by atoms with Crippen LogP contribution in [0.15, 0.2) is 134 Å². The van der Waals surface area contributed by atoms with Crippen LogP contribution in [0.1, 0.15) is 37.8 Å². The first-order chi connectivity index (χ1) is 19.0. The largest absolute Gasteiger partial charge is 0.256 e. The molecule has 5 aromatic rings. The van der Waals surface area contributed by atoms with Gasteiger partial charge >= 0.3 is 0 Å². The van der Waals surface area contributed by atoms with Crippen molar-refractivity contribution in [3.63, 3.8) is 0 Å². The number of allylic oxidation sites excluding steroid dienone is 2. The van der Waals surface area contributed by atoms with E-state index >= 15 is 0 Å². The Bertz CT molecular complexity index is 1380. The second-order valence-corrected chi connectivity index (χ2v) is 9.42. The topological polar surface area (TPSA) is 16.8 Å². The maximum atomic E-state index is 4.25. The molecule has 0 saturated heterocycles. The number of hydrogen-bond donors (Lipinski definition) is 0. The lowest BCUT2D eigenvalue weighted by Crippen LogP contribution is -2.31. The fourth-order valence-corrected chi connectivity index (χ4v) is 4.27. The summed E-state index contributed by atoms with van der Waals surface area (Å²) in [6, 6.07) is 37.5. The van der Waals surface area contributed by atoms with E-state index < -0.39 is 0 Å². The van der Waals surface area contributed by atoms with E-state index in [0.29, 0.717) is 0 Å². The highest BCUT2D eigenvalue weighted by Gasteiger charge is 2.16. The van der Waals surface area contributed by atoms with Gasteiger partial charge in [-0.15, -0.1) is 0 Å². The summed E-state index contributed by atoms with van der Waals surface area (Å²) in [6.45, 7) is 8.64. The lowest BCUT2D eigenvalue weighted by atomic mass is 9.98. The van der Waals surface area contributed by atoms with Crippen LogP contribution in [0, 0.1) is 13.8 Å². The van der Waals surface area contributed by atoms with E-state index in [1.54, 1.807) is 0 Å². The molecule has 0 bridgehead atoms. The highest BCUT2D eigenvalue weighted by molar-refractivity contribution is 5.69. The summed E-state index contributed by atoms with van der Waals surface area (Å²) in [4.78, 5) is 4.25. The molecule has 2 nitrogen and oxygen atoms in total. The molecule has 0 spiro atoms. The summed E-state index contributed by atoms with van der Waals surface area (Å²) in [5, 5.41) is 0. The molecule has 5 rings (SSSR count). The Balaban J connectivity index is 0.000000196. The fraction of sp³-hybridized carbons (Fsp3) is 0.189. The highest BCUT2D eigenvalue weighted by Crippen LogP contribution is 2.26. The minimum Gasteiger partial charge on any atom is -0.256 e. The van der Waals surface area contributed by atoms with Gasteiger partial charge in [-0.05, 0) is 61.6 Å². The number of rotatable bonds is 5. The van der Waals surface area contributed by atoms with Gasteiger partial charge in [0.25, 0.3) is 0 Å². The van der Waals surface area contributed by atoms with Gasteiger partial charge in [-0.1, -0.05) is 111 Å². The van der Waals surface area contributed by atoms with Crippen molar-refractivity contribution in [1.29, 1.82) is 0 Å². The van der Waals surface area contributed by atoms with Crippen molar-refractivity contribution >= 4 is 0 Å². The number of benzene rings is 3. The van der Waals surface area contributed by atoms with Gasteiger partial charge in [0.15, 0.2) is 6.20 Å². The summed E-state index contributed by atoms with van der Waals surface area (Å²) < 4.78 is 2.22. The quantitative estimate of drug-likeness (QED) is 0.169. The molecule has 3 aromatic carbocycles. The standard InChI is InChI=1S/C20H20N.C11H9N.C6H12/c1-15-9-7-8-12-18(15)20-13-16(2)19(14-21(20)3)17-10-5-4-6-11-17;1-2-6-10(7-3-1)11-8-4-5-9-12-11;1-3-5-6-4-2/h4-14H,1-3H3;1-9H;5-6H,3-4H2,1-2H3/q+1;;. The van der Waals surface area contributed by atoms with E-state index in [0.717, 1.165) is 11.3 Å². The summed E-state index contributed by atoms with van der Waals surface area (Å²) in [6.07, 6.45) is 10.7. The van der Waals surface area contributed by atoms with Crippen LogP contribution in [0.25, 0.3) is 33.6 Å². The summed E-state index contributed by atoms with van der Waals surface area (Å²) in [5.74, 6) is 0. The average Bonchev–Trinajstić information content (AvgIpc) is 2.99. The van der Waals surface area contributed by atoms with Crippen molar-refractivity contribution in [3.8, 4) is 33.6 Å². The smallest absolute Gasteiger partial charge is 0.212 e. The maximum absolute atomic E-state index is 4.25. The molecular formula is C37H41N2+. The molecule has 0 radical (unpaired) electrons. The molecule has 198 valence electrons. The van der Waals surface area contributed by atoms with Gasteiger partial charge in [0.05, 0.1) is 5.69 Å². The molecule has 0 fully saturated rings. The highest BCUT2D eigenvalue weighted by atomic mass is 14.9. The molecule has 39 heavy (non-hydrogen) atoms. The molecule has 0 aliphatic rings. The Morgan fingerprint density at radius 3 is 1.74 bits per heavy atom. The van der Waals surface area contributed by atoms with Gasteiger partial charge in [-0.25, -0.2) is 4.57 Å². The lowest BCUT2D eigenvalue weighted by molar-refractivity contribution is -0.660. The molecule has 0 saturated carbocycles. The zero-order valence-electron chi connectivity index (χ0n) is 24.0. The Hall–Kier alpha value is -4.30. The van der Waals surface area contributed by atoms with Crippen LogP contribution in [0.4, 0.5) is 0 Å². The molecule has 2 heterocycles. The minimum atomic E-state index is 1.03. The van der Waals surface area contributed by atoms with Crippen LogP contribution < -0.4 is 4.57 Å². The molecule has 0 N–H and O–H groups in total. The summed E-state index contributed by atoms with van der Waals surface area (Å²) in [5.41, 5.74) is 9.90. The van der Waals surface area contributed by atoms with Crippen molar-refractivity contribution in [2.75, 3.05) is 0 Å². The lowest BCUT2D eigenvalue weighted by Gasteiger charge is -2.09. The Kier molecular flexibility index (Phi) is 11.9. The van der Waals surface area contributed by atoms with Gasteiger partial charge in [-0.3, -0.25) is 4.98 Å². The molecule has 0 aliphatic heterocycles. The first-order valence-corrected chi connectivity index (χ1v) is 13.8. The van der Waals surface area contributed by atoms with Gasteiger partial charge in [0.2, 0.25) is 5.69 Å². The maximum Gasteiger partial charge on any atom is 0.212 e. The zero-order chi connectivity index (χ0) is 27.9. The Morgan fingerprint density at radius 1 is 0.615 bits per heavy atom. The van der Waals surface area contributed by atoms with E-state index in [-0.39, 0.29) is 0 Å². The number of hydrogen-bond acceptors (Lipinski definition) is 1. The fourth-order valence-electron chi connectivity index (χ4n) is 4.27. The van der Waals surface area contributed by atoms with Crippen molar-refractivity contribution in [1.82, 2.24) is 4.98 Å². The molecule has 0 amide bonds. The van der Waals surface area contributed by atoms with Crippen molar-refractivity contribution in [2.24, 2.45) is 7.05 Å². The third-order valence-corrected chi connectivity index (χ3v) is 6.36. The summed E-state index contributed by atoms with van der Waals surface area (Å²) >= 11 is 0. The minimum absolute atomic E-state index is 1.03. The van der Waals surface area contributed by atoms with E-state index in [1.807, 2.05) is 42.6 Å². The van der Waals surface area contributed by atoms with Crippen LogP contribution in [-0.4, -0.2) is 4.98 Å². The zero-order valence-corrected chi connectivity index (χ0v) is 24.0. The van der Waals surface area contributed by atoms with Gasteiger partial charge < -0.3 is 0 Å². The molecule has 2 heteroatoms. The SMILES string of the molecule is CCC=CCC.Cc1cc(-c2ccccc2C)[n+](C)cc1-c1ccccc1.c1ccc(-c2ccccn2)cc1. The van der Waals surface area contributed by atoms with E-state index in [2.05, 4.69) is 135 Å². The first kappa shape index (κ1) is 29.3. The Morgan fingerprint density at radius 2 is 1.18 bits per heavy atom. The predicted octanol–water partition coefficient (Wildman–Crippen LogP) is 9.57. The van der Waals surface area contributed by atoms with Gasteiger partial charge in [-0.2, -0.15) is 0 Å². The number of pyridine rings is 2. The number of aromatic nitrogens is 2. The van der Waals surface area contributed by atoms with Crippen molar-refractivity contribution < 1.29 is 4.57 Å². The van der Waals surface area contributed by atoms with Crippen LogP contribution in [-0.2, 0) is 7.05 Å².